The first-order chi connectivity index (χ1) is 13.6. The number of aryl methyl sites for hydroxylation is 1. The number of nitrogens with one attached hydrogen (secondary N) is 1. The largest absolute Gasteiger partial charge is 0.461 e. The highest BCUT2D eigenvalue weighted by Gasteiger charge is 2.25. The van der Waals surface area contributed by atoms with E-state index in [1.54, 1.807) is 24.0 Å². The van der Waals surface area contributed by atoms with Crippen LogP contribution < -0.4 is 10.1 Å². The second kappa shape index (κ2) is 7.72. The number of hydrogen-bond acceptors (Lipinski definition) is 5. The van der Waals surface area contributed by atoms with Crippen LogP contribution in [0.1, 0.15) is 32.6 Å². The second-order valence-electron chi connectivity index (χ2n) is 6.93. The molecule has 0 aliphatic heterocycles. The van der Waals surface area contributed by atoms with Crippen LogP contribution in [0.15, 0.2) is 30.9 Å². The SMILES string of the molecule is CC#CC(=O)NC1CCCC(Oc2nc(-c3cnn(C)c3)cc3nccn23)C1. The number of ether oxygens (including phenoxy) is 1. The van der Waals surface area contributed by atoms with E-state index < -0.39 is 0 Å². The van der Waals surface area contributed by atoms with Gasteiger partial charge >= 0.3 is 6.01 Å². The van der Waals surface area contributed by atoms with E-state index in [9.17, 15) is 4.79 Å². The van der Waals surface area contributed by atoms with E-state index in [1.165, 1.54) is 0 Å². The molecule has 1 N–H and O–H groups in total. The zero-order valence-electron chi connectivity index (χ0n) is 15.9. The quantitative estimate of drug-likeness (QED) is 0.702. The Bertz CT molecular complexity index is 1060. The first-order valence-corrected chi connectivity index (χ1v) is 9.35. The molecule has 28 heavy (non-hydrogen) atoms. The molecule has 4 rings (SSSR count). The molecule has 1 aliphatic carbocycles. The van der Waals surface area contributed by atoms with Gasteiger partial charge in [0, 0.05) is 49.7 Å². The van der Waals surface area contributed by atoms with Crippen molar-refractivity contribution in [3.63, 3.8) is 0 Å². The van der Waals surface area contributed by atoms with Crippen LogP contribution in [0.5, 0.6) is 6.01 Å². The average molecular weight is 378 g/mol. The Balaban J connectivity index is 1.56. The predicted octanol–water partition coefficient (Wildman–Crippen LogP) is 1.96. The number of rotatable bonds is 4. The lowest BCUT2D eigenvalue weighted by Crippen LogP contribution is -2.41. The van der Waals surface area contributed by atoms with Crippen LogP contribution >= 0.6 is 0 Å². The van der Waals surface area contributed by atoms with E-state index in [0.29, 0.717) is 6.01 Å². The summed E-state index contributed by atoms with van der Waals surface area (Å²) in [5.74, 6) is 4.93. The summed E-state index contributed by atoms with van der Waals surface area (Å²) >= 11 is 0. The summed E-state index contributed by atoms with van der Waals surface area (Å²) < 4.78 is 9.84. The molecule has 0 radical (unpaired) electrons. The van der Waals surface area contributed by atoms with E-state index in [0.717, 1.165) is 42.6 Å². The Morgan fingerprint density at radius 3 is 3.07 bits per heavy atom. The summed E-state index contributed by atoms with van der Waals surface area (Å²) in [6.07, 6.45) is 10.8. The van der Waals surface area contributed by atoms with Crippen LogP contribution in [-0.4, -0.2) is 42.2 Å². The van der Waals surface area contributed by atoms with Gasteiger partial charge in [-0.2, -0.15) is 10.1 Å². The van der Waals surface area contributed by atoms with Gasteiger partial charge in [-0.3, -0.25) is 13.9 Å². The molecule has 2 unspecified atom stereocenters. The minimum atomic E-state index is -0.234. The van der Waals surface area contributed by atoms with Crippen molar-refractivity contribution < 1.29 is 9.53 Å². The van der Waals surface area contributed by atoms with Crippen LogP contribution in [0.25, 0.3) is 16.9 Å². The van der Waals surface area contributed by atoms with Crippen LogP contribution in [0.4, 0.5) is 0 Å². The van der Waals surface area contributed by atoms with Gasteiger partial charge in [0.05, 0.1) is 11.9 Å². The first kappa shape index (κ1) is 18.0. The molecule has 0 spiro atoms. The molecule has 1 fully saturated rings. The Labute approximate surface area is 162 Å². The van der Waals surface area contributed by atoms with Gasteiger partial charge in [0.2, 0.25) is 0 Å². The third kappa shape index (κ3) is 3.83. The number of carbonyl (C=O) groups excluding carboxylic acids is 1. The van der Waals surface area contributed by atoms with E-state index >= 15 is 0 Å². The predicted molar refractivity (Wildman–Crippen MR) is 103 cm³/mol. The van der Waals surface area contributed by atoms with Crippen LogP contribution in [0.2, 0.25) is 0 Å². The number of hydrogen-bond donors (Lipinski definition) is 1. The van der Waals surface area contributed by atoms with Crippen molar-refractivity contribution in [2.45, 2.75) is 44.8 Å². The molecule has 1 saturated carbocycles. The maximum absolute atomic E-state index is 11.8. The molecule has 2 atom stereocenters. The lowest BCUT2D eigenvalue weighted by molar-refractivity contribution is -0.116. The molecule has 1 amide bonds. The standard InChI is InChI=1S/C20H22N6O2/c1-3-5-19(27)23-15-6-4-7-16(10-15)28-20-24-17(14-12-22-25(2)13-14)11-18-21-8-9-26(18)20/h8-9,11-13,15-16H,4,6-7,10H2,1-2H3,(H,23,27). The topological polar surface area (TPSA) is 86.3 Å². The highest BCUT2D eigenvalue weighted by molar-refractivity contribution is 5.93. The zero-order chi connectivity index (χ0) is 19.5. The van der Waals surface area contributed by atoms with Crippen LogP contribution in [0.3, 0.4) is 0 Å². The fourth-order valence-electron chi connectivity index (χ4n) is 3.55. The fourth-order valence-corrected chi connectivity index (χ4v) is 3.55. The molecule has 3 aromatic heterocycles. The zero-order valence-corrected chi connectivity index (χ0v) is 15.9. The van der Waals surface area contributed by atoms with Gasteiger partial charge in [0.15, 0.2) is 0 Å². The minimum Gasteiger partial charge on any atom is -0.461 e. The van der Waals surface area contributed by atoms with Crippen LogP contribution in [-0.2, 0) is 11.8 Å². The third-order valence-corrected chi connectivity index (χ3v) is 4.83. The number of nitrogens with zero attached hydrogens (tertiary/aromatic N) is 5. The van der Waals surface area contributed by atoms with E-state index in [4.69, 9.17) is 9.72 Å². The lowest BCUT2D eigenvalue weighted by Gasteiger charge is -2.29. The molecule has 8 heteroatoms. The van der Waals surface area contributed by atoms with Crippen molar-refractivity contribution in [3.05, 3.63) is 30.9 Å². The molecular formula is C20H22N6O2. The van der Waals surface area contributed by atoms with Gasteiger partial charge in [0.1, 0.15) is 11.8 Å². The van der Waals surface area contributed by atoms with E-state index in [-0.39, 0.29) is 18.1 Å². The number of amides is 1. The Hall–Kier alpha value is -3.34. The molecule has 0 bridgehead atoms. The van der Waals surface area contributed by atoms with Gasteiger partial charge < -0.3 is 10.1 Å². The van der Waals surface area contributed by atoms with Crippen LogP contribution in [0, 0.1) is 11.8 Å². The van der Waals surface area contributed by atoms with Crippen molar-refractivity contribution in [1.82, 2.24) is 29.5 Å². The van der Waals surface area contributed by atoms with Crippen molar-refractivity contribution in [1.29, 1.82) is 0 Å². The molecule has 1 aliphatic rings. The maximum Gasteiger partial charge on any atom is 0.303 e. The summed E-state index contributed by atoms with van der Waals surface area (Å²) in [6, 6.07) is 2.48. The smallest absolute Gasteiger partial charge is 0.303 e. The molecule has 144 valence electrons. The number of imidazole rings is 1. The Morgan fingerprint density at radius 1 is 1.39 bits per heavy atom. The number of carbonyl (C=O) groups is 1. The normalized spacial score (nSPS) is 19.1. The molecule has 0 aromatic carbocycles. The molecule has 0 saturated heterocycles. The van der Waals surface area contributed by atoms with E-state index in [1.807, 2.05) is 29.9 Å². The molecule has 3 heterocycles. The van der Waals surface area contributed by atoms with Gasteiger partial charge in [-0.1, -0.05) is 5.92 Å². The van der Waals surface area contributed by atoms with Gasteiger partial charge in [0.25, 0.3) is 5.91 Å². The minimum absolute atomic E-state index is 0.0316. The summed E-state index contributed by atoms with van der Waals surface area (Å²) in [5, 5.41) is 7.18. The fraction of sp³-hybridized carbons (Fsp3) is 0.400. The number of aromatic nitrogens is 5. The average Bonchev–Trinajstić information content (AvgIpc) is 3.31. The van der Waals surface area contributed by atoms with Gasteiger partial charge in [-0.15, -0.1) is 0 Å². The maximum atomic E-state index is 11.8. The summed E-state index contributed by atoms with van der Waals surface area (Å²) in [4.78, 5) is 20.8. The Kier molecular flexibility index (Phi) is 4.98. The van der Waals surface area contributed by atoms with Crippen molar-refractivity contribution >= 4 is 11.6 Å². The second-order valence-corrected chi connectivity index (χ2v) is 6.93. The van der Waals surface area contributed by atoms with E-state index in [2.05, 4.69) is 27.2 Å². The summed E-state index contributed by atoms with van der Waals surface area (Å²) in [6.45, 7) is 1.66. The van der Waals surface area contributed by atoms with Crippen molar-refractivity contribution in [3.8, 4) is 29.1 Å². The molecule has 3 aromatic rings. The Morgan fingerprint density at radius 2 is 2.29 bits per heavy atom. The van der Waals surface area contributed by atoms with Gasteiger partial charge in [-0.25, -0.2) is 4.98 Å². The van der Waals surface area contributed by atoms with Crippen molar-refractivity contribution in [2.24, 2.45) is 7.05 Å². The number of fused-ring (bicyclic) bond motifs is 1. The molecular weight excluding hydrogens is 356 g/mol. The first-order valence-electron chi connectivity index (χ1n) is 9.35. The highest BCUT2D eigenvalue weighted by Crippen LogP contribution is 2.26. The van der Waals surface area contributed by atoms with Crippen molar-refractivity contribution in [2.75, 3.05) is 0 Å². The summed E-state index contributed by atoms with van der Waals surface area (Å²) in [5.41, 5.74) is 2.44. The monoisotopic (exact) mass is 378 g/mol. The highest BCUT2D eigenvalue weighted by atomic mass is 16.5. The lowest BCUT2D eigenvalue weighted by atomic mass is 9.93. The molecule has 8 nitrogen and oxygen atoms in total. The summed E-state index contributed by atoms with van der Waals surface area (Å²) in [7, 11) is 1.87. The third-order valence-electron chi connectivity index (χ3n) is 4.83. The van der Waals surface area contributed by atoms with Gasteiger partial charge in [-0.05, 0) is 32.1 Å².